The molecule has 0 saturated carbocycles. The van der Waals surface area contributed by atoms with Crippen LogP contribution in [-0.2, 0) is 10.1 Å². The normalized spacial score (nSPS) is 16.3. The van der Waals surface area contributed by atoms with Gasteiger partial charge in [-0.25, -0.2) is 4.39 Å². The van der Waals surface area contributed by atoms with Gasteiger partial charge in [0.25, 0.3) is 0 Å². The van der Waals surface area contributed by atoms with Crippen LogP contribution < -0.4 is 0 Å². The zero-order valence-electron chi connectivity index (χ0n) is 12.2. The summed E-state index contributed by atoms with van der Waals surface area (Å²) in [6.07, 6.45) is -4.58. The lowest BCUT2D eigenvalue weighted by atomic mass is 9.96. The zero-order valence-corrected chi connectivity index (χ0v) is 13.0. The minimum atomic E-state index is -7.26. The smallest absolute Gasteiger partial charge is 0.281 e. The van der Waals surface area contributed by atoms with E-state index in [2.05, 4.69) is 0 Å². The molecule has 0 rings (SSSR count). The van der Waals surface area contributed by atoms with Crippen molar-refractivity contribution in [3.63, 3.8) is 0 Å². The quantitative estimate of drug-likeness (QED) is 0.330. The minimum Gasteiger partial charge on any atom is -0.281 e. The number of unbranched alkanes of at least 4 members (excludes halogenated alkanes) is 3. The van der Waals surface area contributed by atoms with Crippen LogP contribution in [0.4, 0.5) is 39.5 Å². The number of rotatable bonds is 10. The van der Waals surface area contributed by atoms with E-state index in [1.54, 1.807) is 6.92 Å². The highest BCUT2D eigenvalue weighted by Crippen LogP contribution is 2.55. The first-order valence-electron chi connectivity index (χ1n) is 6.60. The van der Waals surface area contributed by atoms with Crippen molar-refractivity contribution in [1.29, 1.82) is 0 Å². The molecule has 3 nitrogen and oxygen atoms in total. The lowest BCUT2D eigenvalue weighted by Gasteiger charge is -2.36. The summed E-state index contributed by atoms with van der Waals surface area (Å²) in [5.74, 6) is -20.6. The first kappa shape index (κ1) is 23.3. The van der Waals surface area contributed by atoms with E-state index in [0.717, 1.165) is 0 Å². The van der Waals surface area contributed by atoms with Crippen molar-refractivity contribution in [1.82, 2.24) is 0 Å². The maximum absolute atomic E-state index is 13.3. The first-order chi connectivity index (χ1) is 10.5. The topological polar surface area (TPSA) is 54.4 Å². The molecule has 0 aromatic heterocycles. The first-order valence-corrected chi connectivity index (χ1v) is 8.04. The van der Waals surface area contributed by atoms with Crippen LogP contribution in [0.1, 0.15) is 39.0 Å². The third-order valence-corrected chi connectivity index (χ3v) is 4.11. The van der Waals surface area contributed by atoms with E-state index in [9.17, 15) is 47.9 Å². The van der Waals surface area contributed by atoms with Crippen molar-refractivity contribution in [2.75, 3.05) is 0 Å². The Balaban J connectivity index is 5.60. The van der Waals surface area contributed by atoms with Crippen LogP contribution >= 0.6 is 0 Å². The average Bonchev–Trinajstić information content (AvgIpc) is 2.41. The molecule has 0 bridgehead atoms. The lowest BCUT2D eigenvalue weighted by molar-refractivity contribution is -0.359. The molecule has 0 radical (unpaired) electrons. The van der Waals surface area contributed by atoms with Crippen LogP contribution in [0.2, 0.25) is 0 Å². The highest BCUT2D eigenvalue weighted by atomic mass is 32.2. The van der Waals surface area contributed by atoms with E-state index in [1.807, 2.05) is 0 Å². The molecule has 0 aliphatic carbocycles. The molecule has 0 aromatic carbocycles. The van der Waals surface area contributed by atoms with E-state index in [4.69, 9.17) is 4.55 Å². The molecule has 0 heterocycles. The molecule has 0 aliphatic rings. The second kappa shape index (κ2) is 7.26. The molecule has 1 unspecified atom stereocenters. The van der Waals surface area contributed by atoms with Crippen LogP contribution in [0.3, 0.4) is 0 Å². The third kappa shape index (κ3) is 3.92. The van der Waals surface area contributed by atoms with Crippen molar-refractivity contribution in [2.45, 2.75) is 68.2 Å². The number of hydrogen-bond acceptors (Lipinski definition) is 2. The van der Waals surface area contributed by atoms with Crippen molar-refractivity contribution in [3.8, 4) is 0 Å². The predicted molar refractivity (Wildman–Crippen MR) is 65.0 cm³/mol. The second-order valence-corrected chi connectivity index (χ2v) is 6.54. The van der Waals surface area contributed by atoms with Gasteiger partial charge >= 0.3 is 33.1 Å². The highest BCUT2D eigenvalue weighted by molar-refractivity contribution is 7.87. The molecular weight excluding hydrogens is 383 g/mol. The Bertz CT molecular complexity index is 519. The fraction of sp³-hybridized carbons (Fsp3) is 1.00. The zero-order chi connectivity index (χ0) is 19.6. The molecule has 0 aromatic rings. The molecule has 0 spiro atoms. The Morgan fingerprint density at radius 2 is 1.33 bits per heavy atom. The Labute approximate surface area is 132 Å². The van der Waals surface area contributed by atoms with E-state index in [0.29, 0.717) is 12.8 Å². The maximum atomic E-state index is 13.3. The molecule has 1 atom stereocenters. The van der Waals surface area contributed by atoms with E-state index in [-0.39, 0.29) is 6.42 Å². The number of alkyl halides is 9. The standard InChI is InChI=1S/C11H15F9O3S/c1-2-3-4-5-6-7(12)8(13,14)9(15,16)10(17,18)11(19,20)24(21,22)23/h7H,2-6H2,1H3,(H,21,22,23). The van der Waals surface area contributed by atoms with Crippen LogP contribution in [0.25, 0.3) is 0 Å². The molecule has 0 aliphatic heterocycles. The van der Waals surface area contributed by atoms with E-state index >= 15 is 0 Å². The Morgan fingerprint density at radius 3 is 1.71 bits per heavy atom. The van der Waals surface area contributed by atoms with Gasteiger partial charge < -0.3 is 0 Å². The fourth-order valence-corrected chi connectivity index (χ4v) is 2.13. The molecular formula is C11H15F9O3S. The summed E-state index contributed by atoms with van der Waals surface area (Å²) in [6.45, 7) is 1.67. The Hall–Kier alpha value is -0.720. The van der Waals surface area contributed by atoms with Crippen molar-refractivity contribution >= 4 is 10.1 Å². The molecule has 24 heavy (non-hydrogen) atoms. The van der Waals surface area contributed by atoms with Crippen LogP contribution in [0.15, 0.2) is 0 Å². The van der Waals surface area contributed by atoms with Crippen LogP contribution in [0, 0.1) is 0 Å². The predicted octanol–water partition coefficient (Wildman–Crippen LogP) is 4.68. The van der Waals surface area contributed by atoms with Crippen LogP contribution in [0.5, 0.6) is 0 Å². The SMILES string of the molecule is CCCCCCC(F)C(F)(F)C(F)(F)C(F)(F)C(F)(F)S(=O)(=O)O. The summed E-state index contributed by atoms with van der Waals surface area (Å²) in [5.41, 5.74) is 0. The van der Waals surface area contributed by atoms with Gasteiger partial charge in [0.15, 0.2) is 6.17 Å². The molecule has 13 heteroatoms. The van der Waals surface area contributed by atoms with Gasteiger partial charge in [0.2, 0.25) is 0 Å². The summed E-state index contributed by atoms with van der Waals surface area (Å²) < 4.78 is 146. The Kier molecular flexibility index (Phi) is 7.04. The Morgan fingerprint density at radius 1 is 0.875 bits per heavy atom. The summed E-state index contributed by atoms with van der Waals surface area (Å²) in [4.78, 5) is 0. The largest absolute Gasteiger partial charge is 0.438 e. The van der Waals surface area contributed by atoms with Gasteiger partial charge in [0, 0.05) is 0 Å². The highest BCUT2D eigenvalue weighted by Gasteiger charge is 2.85. The maximum Gasteiger partial charge on any atom is 0.438 e. The minimum absolute atomic E-state index is 0.107. The monoisotopic (exact) mass is 398 g/mol. The number of halogens is 9. The van der Waals surface area contributed by atoms with Crippen LogP contribution in [-0.4, -0.2) is 42.2 Å². The van der Waals surface area contributed by atoms with Crippen molar-refractivity contribution in [2.24, 2.45) is 0 Å². The van der Waals surface area contributed by atoms with Gasteiger partial charge in [-0.1, -0.05) is 32.6 Å². The summed E-state index contributed by atoms with van der Waals surface area (Å²) in [6, 6.07) is 0. The summed E-state index contributed by atoms with van der Waals surface area (Å²) >= 11 is 0. The lowest BCUT2D eigenvalue weighted by Crippen LogP contribution is -2.66. The van der Waals surface area contributed by atoms with Gasteiger partial charge in [-0.2, -0.15) is 43.5 Å². The van der Waals surface area contributed by atoms with Crippen molar-refractivity contribution < 1.29 is 52.5 Å². The van der Waals surface area contributed by atoms with E-state index in [1.165, 1.54) is 0 Å². The average molecular weight is 398 g/mol. The molecule has 146 valence electrons. The summed E-state index contributed by atoms with van der Waals surface area (Å²) in [7, 11) is -7.17. The van der Waals surface area contributed by atoms with Gasteiger partial charge in [-0.15, -0.1) is 0 Å². The number of hydrogen-bond donors (Lipinski definition) is 1. The van der Waals surface area contributed by atoms with Gasteiger partial charge in [0.1, 0.15) is 0 Å². The van der Waals surface area contributed by atoms with E-state index < -0.39 is 52.2 Å². The second-order valence-electron chi connectivity index (χ2n) is 5.08. The third-order valence-electron chi connectivity index (χ3n) is 3.21. The van der Waals surface area contributed by atoms with Gasteiger partial charge in [-0.05, 0) is 6.42 Å². The fourth-order valence-electron chi connectivity index (χ4n) is 1.68. The summed E-state index contributed by atoms with van der Waals surface area (Å²) in [5, 5.41) is -6.95. The molecule has 1 N–H and O–H groups in total. The molecule has 0 fully saturated rings. The molecule has 0 saturated heterocycles. The van der Waals surface area contributed by atoms with Gasteiger partial charge in [0.05, 0.1) is 0 Å². The molecule has 0 amide bonds. The van der Waals surface area contributed by atoms with Gasteiger partial charge in [-0.3, -0.25) is 4.55 Å². The van der Waals surface area contributed by atoms with Crippen molar-refractivity contribution in [3.05, 3.63) is 0 Å².